The maximum atomic E-state index is 12.2. The van der Waals surface area contributed by atoms with E-state index in [1.807, 2.05) is 0 Å². The summed E-state index contributed by atoms with van der Waals surface area (Å²) in [6, 6.07) is 8.30. The molecule has 0 unspecified atom stereocenters. The molecule has 0 amide bonds. The van der Waals surface area contributed by atoms with Gasteiger partial charge < -0.3 is 0 Å². The quantitative estimate of drug-likeness (QED) is 0.654. The minimum absolute atomic E-state index is 0.269. The lowest BCUT2D eigenvalue weighted by Crippen LogP contribution is -2.24. The predicted octanol–water partition coefficient (Wildman–Crippen LogP) is 3.36. The molecule has 4 nitrogen and oxygen atoms in total. The maximum absolute atomic E-state index is 12.2. The molecular weight excluding hydrogens is 308 g/mol. The molecule has 0 spiro atoms. The fourth-order valence-electron chi connectivity index (χ4n) is 2.33. The molecule has 1 aliphatic rings. The van der Waals surface area contributed by atoms with E-state index in [0.29, 0.717) is 17.2 Å². The van der Waals surface area contributed by atoms with E-state index in [4.69, 9.17) is 11.6 Å². The minimum Gasteiger partial charge on any atom is -0.236 e. The molecule has 1 N–H and O–H groups in total. The molecule has 0 radical (unpaired) electrons. The number of nitrogens with zero attached hydrogens (tertiary/aromatic N) is 1. The van der Waals surface area contributed by atoms with Gasteiger partial charge in [-0.05, 0) is 49.1 Å². The largest absolute Gasteiger partial charge is 0.240 e. The number of hydrogen-bond acceptors (Lipinski definition) is 3. The third kappa shape index (κ3) is 3.73. The van der Waals surface area contributed by atoms with Crippen LogP contribution in [-0.2, 0) is 10.0 Å². The predicted molar refractivity (Wildman–Crippen MR) is 83.9 cm³/mol. The van der Waals surface area contributed by atoms with Crippen LogP contribution in [0.2, 0.25) is 5.15 Å². The van der Waals surface area contributed by atoms with Crippen LogP contribution in [0.5, 0.6) is 0 Å². The third-order valence-electron chi connectivity index (χ3n) is 3.72. The Morgan fingerprint density at radius 3 is 2.81 bits per heavy atom. The van der Waals surface area contributed by atoms with Crippen molar-refractivity contribution >= 4 is 32.5 Å². The van der Waals surface area contributed by atoms with Gasteiger partial charge >= 0.3 is 0 Å². The van der Waals surface area contributed by atoms with Crippen molar-refractivity contribution < 1.29 is 8.42 Å². The Balaban J connectivity index is 1.72. The zero-order valence-electron chi connectivity index (χ0n) is 11.5. The number of aromatic nitrogens is 1. The molecule has 1 aromatic heterocycles. The van der Waals surface area contributed by atoms with Crippen LogP contribution >= 0.6 is 11.6 Å². The van der Waals surface area contributed by atoms with Crippen LogP contribution in [0, 0.1) is 5.92 Å². The van der Waals surface area contributed by atoms with Gasteiger partial charge in [0.25, 0.3) is 0 Å². The second-order valence-electron chi connectivity index (χ2n) is 5.47. The van der Waals surface area contributed by atoms with E-state index in [0.717, 1.165) is 24.1 Å². The second-order valence-corrected chi connectivity index (χ2v) is 7.63. The molecule has 0 saturated heterocycles. The Morgan fingerprint density at radius 2 is 2.05 bits per heavy atom. The number of rotatable bonds is 6. The Morgan fingerprint density at radius 1 is 1.24 bits per heavy atom. The first-order valence-electron chi connectivity index (χ1n) is 7.10. The average molecular weight is 325 g/mol. The van der Waals surface area contributed by atoms with Gasteiger partial charge in [0.05, 0.1) is 10.4 Å². The standard InChI is InChI=1S/C15H17ClN2O2S/c16-15-8-5-12-10-13(6-7-14(12)18-15)21(19,20)17-9-1-2-11-3-4-11/h5-8,10-11,17H,1-4,9H2. The monoisotopic (exact) mass is 324 g/mol. The molecule has 3 rings (SSSR count). The van der Waals surface area contributed by atoms with Gasteiger partial charge in [-0.3, -0.25) is 0 Å². The van der Waals surface area contributed by atoms with Crippen molar-refractivity contribution in [2.75, 3.05) is 6.54 Å². The molecular formula is C15H17ClN2O2S. The summed E-state index contributed by atoms with van der Waals surface area (Å²) in [6.07, 6.45) is 4.61. The van der Waals surface area contributed by atoms with Gasteiger partial charge in [-0.25, -0.2) is 18.1 Å². The smallest absolute Gasteiger partial charge is 0.236 e. The summed E-state index contributed by atoms with van der Waals surface area (Å²) in [4.78, 5) is 4.42. The van der Waals surface area contributed by atoms with Crippen LogP contribution in [-0.4, -0.2) is 19.9 Å². The first kappa shape index (κ1) is 14.8. The van der Waals surface area contributed by atoms with E-state index in [-0.39, 0.29) is 4.90 Å². The molecule has 1 fully saturated rings. The lowest BCUT2D eigenvalue weighted by Gasteiger charge is -2.07. The van der Waals surface area contributed by atoms with E-state index in [2.05, 4.69) is 9.71 Å². The van der Waals surface area contributed by atoms with E-state index in [1.54, 1.807) is 30.3 Å². The summed E-state index contributed by atoms with van der Waals surface area (Å²) in [5, 5.41) is 1.16. The molecule has 0 aliphatic heterocycles. The molecule has 21 heavy (non-hydrogen) atoms. The summed E-state index contributed by atoms with van der Waals surface area (Å²) in [6.45, 7) is 0.496. The molecule has 1 aliphatic carbocycles. The highest BCUT2D eigenvalue weighted by atomic mass is 35.5. The van der Waals surface area contributed by atoms with Crippen molar-refractivity contribution in [3.05, 3.63) is 35.5 Å². The van der Waals surface area contributed by atoms with Crippen molar-refractivity contribution in [1.82, 2.24) is 9.71 Å². The Bertz CT molecular complexity index is 757. The molecule has 1 aromatic carbocycles. The van der Waals surface area contributed by atoms with Crippen LogP contribution in [0.1, 0.15) is 25.7 Å². The van der Waals surface area contributed by atoms with Gasteiger partial charge in [0, 0.05) is 11.9 Å². The SMILES string of the molecule is O=S(=O)(NCCCC1CC1)c1ccc2nc(Cl)ccc2c1. The summed E-state index contributed by atoms with van der Waals surface area (Å²) in [7, 11) is -3.45. The number of pyridine rings is 1. The highest BCUT2D eigenvalue weighted by Crippen LogP contribution is 2.33. The lowest BCUT2D eigenvalue weighted by atomic mass is 10.2. The Labute approximate surface area is 129 Å². The number of sulfonamides is 1. The van der Waals surface area contributed by atoms with Gasteiger partial charge in [0.15, 0.2) is 0 Å². The second kappa shape index (κ2) is 5.91. The number of halogens is 1. The molecule has 1 saturated carbocycles. The average Bonchev–Trinajstić information content (AvgIpc) is 3.27. The van der Waals surface area contributed by atoms with Crippen molar-refractivity contribution in [2.45, 2.75) is 30.6 Å². The zero-order valence-corrected chi connectivity index (χ0v) is 13.1. The molecule has 6 heteroatoms. The number of fused-ring (bicyclic) bond motifs is 1. The summed E-state index contributed by atoms with van der Waals surface area (Å²) >= 11 is 5.82. The highest BCUT2D eigenvalue weighted by Gasteiger charge is 2.21. The van der Waals surface area contributed by atoms with Crippen LogP contribution in [0.3, 0.4) is 0 Å². The first-order valence-corrected chi connectivity index (χ1v) is 8.97. The molecule has 112 valence electrons. The van der Waals surface area contributed by atoms with Gasteiger partial charge in [-0.15, -0.1) is 0 Å². The molecule has 0 bridgehead atoms. The van der Waals surface area contributed by atoms with E-state index >= 15 is 0 Å². The van der Waals surface area contributed by atoms with Crippen LogP contribution < -0.4 is 4.72 Å². The molecule has 0 atom stereocenters. The van der Waals surface area contributed by atoms with Crippen molar-refractivity contribution in [3.63, 3.8) is 0 Å². The fraction of sp³-hybridized carbons (Fsp3) is 0.400. The number of nitrogens with one attached hydrogen (secondary N) is 1. The zero-order chi connectivity index (χ0) is 14.9. The maximum Gasteiger partial charge on any atom is 0.240 e. The number of benzene rings is 1. The van der Waals surface area contributed by atoms with Crippen molar-refractivity contribution in [3.8, 4) is 0 Å². The van der Waals surface area contributed by atoms with Crippen molar-refractivity contribution in [2.24, 2.45) is 5.92 Å². The van der Waals surface area contributed by atoms with Gasteiger partial charge in [0.2, 0.25) is 10.0 Å². The van der Waals surface area contributed by atoms with E-state index in [9.17, 15) is 8.42 Å². The Hall–Kier alpha value is -1.17. The first-order chi connectivity index (χ1) is 10.0. The normalized spacial score (nSPS) is 15.5. The molecule has 2 aromatic rings. The van der Waals surface area contributed by atoms with Crippen molar-refractivity contribution in [1.29, 1.82) is 0 Å². The number of hydrogen-bond donors (Lipinski definition) is 1. The highest BCUT2D eigenvalue weighted by molar-refractivity contribution is 7.89. The van der Waals surface area contributed by atoms with Crippen LogP contribution in [0.25, 0.3) is 10.9 Å². The Kier molecular flexibility index (Phi) is 4.15. The van der Waals surface area contributed by atoms with Gasteiger partial charge in [-0.2, -0.15) is 0 Å². The van der Waals surface area contributed by atoms with Gasteiger partial charge in [0.1, 0.15) is 5.15 Å². The van der Waals surface area contributed by atoms with E-state index in [1.165, 1.54) is 12.8 Å². The molecule has 1 heterocycles. The third-order valence-corrected chi connectivity index (χ3v) is 5.38. The minimum atomic E-state index is -3.45. The summed E-state index contributed by atoms with van der Waals surface area (Å²) < 4.78 is 27.2. The lowest BCUT2D eigenvalue weighted by molar-refractivity contribution is 0.572. The van der Waals surface area contributed by atoms with Gasteiger partial charge in [-0.1, -0.05) is 24.4 Å². The van der Waals surface area contributed by atoms with Crippen LogP contribution in [0.4, 0.5) is 0 Å². The summed E-state index contributed by atoms with van der Waals surface area (Å²) in [5.41, 5.74) is 0.690. The topological polar surface area (TPSA) is 59.1 Å². The summed E-state index contributed by atoms with van der Waals surface area (Å²) in [5.74, 6) is 0.825. The fourth-order valence-corrected chi connectivity index (χ4v) is 3.60. The van der Waals surface area contributed by atoms with E-state index < -0.39 is 10.0 Å². The van der Waals surface area contributed by atoms with Crippen LogP contribution in [0.15, 0.2) is 35.2 Å².